The summed E-state index contributed by atoms with van der Waals surface area (Å²) in [5, 5.41) is -0.510. The molecule has 8 nitrogen and oxygen atoms in total. The highest BCUT2D eigenvalue weighted by Gasteiger charge is 2.16. The van der Waals surface area contributed by atoms with Gasteiger partial charge in [0.1, 0.15) is 5.69 Å². The number of halogens is 1. The molecule has 0 saturated carbocycles. The summed E-state index contributed by atoms with van der Waals surface area (Å²) in [6.07, 6.45) is 0.283. The van der Waals surface area contributed by atoms with Gasteiger partial charge in [0.2, 0.25) is 0 Å². The van der Waals surface area contributed by atoms with Crippen LogP contribution in [0.4, 0.5) is 5.82 Å². The minimum absolute atomic E-state index is 0. The molecule has 0 aromatic carbocycles. The van der Waals surface area contributed by atoms with Crippen LogP contribution in [0.2, 0.25) is 5.15 Å². The van der Waals surface area contributed by atoms with Crippen molar-refractivity contribution in [1.29, 1.82) is 0 Å². The molecular weight excluding hydrogens is 262 g/mol. The van der Waals surface area contributed by atoms with Gasteiger partial charge in [-0.25, -0.2) is 4.98 Å². The van der Waals surface area contributed by atoms with Gasteiger partial charge in [-0.15, -0.1) is 0 Å². The highest BCUT2D eigenvalue weighted by atomic mass is 35.5. The van der Waals surface area contributed by atoms with Crippen molar-refractivity contribution in [3.8, 4) is 5.88 Å². The van der Waals surface area contributed by atoms with E-state index in [1.165, 1.54) is 0 Å². The number of anilines is 1. The molecule has 0 fully saturated rings. The number of carbonyl (C=O) groups excluding carboxylic acids is 1. The first-order chi connectivity index (χ1) is 6.83. The topological polar surface area (TPSA) is 132 Å². The number of nitrogen functional groups attached to an aromatic ring is 1. The lowest BCUT2D eigenvalue weighted by atomic mass is 10.4. The van der Waals surface area contributed by atoms with Gasteiger partial charge in [0.05, 0.1) is 0 Å². The van der Waals surface area contributed by atoms with E-state index in [-0.39, 0.29) is 25.2 Å². The van der Waals surface area contributed by atoms with E-state index in [2.05, 4.69) is 14.2 Å². The van der Waals surface area contributed by atoms with Crippen LogP contribution in [0.3, 0.4) is 0 Å². The van der Waals surface area contributed by atoms with Gasteiger partial charge in [-0.2, -0.15) is 13.4 Å². The Morgan fingerprint density at radius 3 is 2.44 bits per heavy atom. The van der Waals surface area contributed by atoms with E-state index in [9.17, 15) is 13.2 Å². The Morgan fingerprint density at radius 2 is 2.00 bits per heavy atom. The number of aromatic nitrogens is 2. The maximum absolute atomic E-state index is 10.3. The summed E-state index contributed by atoms with van der Waals surface area (Å²) in [5.74, 6) is -1.07. The summed E-state index contributed by atoms with van der Waals surface area (Å²) >= 11 is 5.40. The number of hydrogen-bond acceptors (Lipinski definition) is 7. The number of nitrogens with zero attached hydrogens (tertiary/aromatic N) is 2. The van der Waals surface area contributed by atoms with Crippen molar-refractivity contribution in [3.05, 3.63) is 10.8 Å². The number of carbonyl (C=O) groups is 1. The van der Waals surface area contributed by atoms with Gasteiger partial charge in [-0.3, -0.25) is 9.35 Å². The zero-order valence-electron chi connectivity index (χ0n) is 6.92. The molecule has 90 valence electrons. The van der Waals surface area contributed by atoms with Gasteiger partial charge < -0.3 is 9.92 Å². The third kappa shape index (κ3) is 3.61. The summed E-state index contributed by atoms with van der Waals surface area (Å²) in [6.45, 7) is 0. The Kier molecular flexibility index (Phi) is 4.60. The van der Waals surface area contributed by atoms with E-state index in [1.54, 1.807) is 0 Å². The summed E-state index contributed by atoms with van der Waals surface area (Å²) in [7, 11) is -4.77. The summed E-state index contributed by atoms with van der Waals surface area (Å²) in [6, 6.07) is 0. The molecule has 3 N–H and O–H groups in total. The van der Waals surface area contributed by atoms with Crippen molar-refractivity contribution in [2.24, 2.45) is 0 Å². The molecule has 1 aromatic rings. The lowest BCUT2D eigenvalue weighted by Crippen LogP contribution is -2.11. The van der Waals surface area contributed by atoms with Crippen LogP contribution >= 0.6 is 11.6 Å². The van der Waals surface area contributed by atoms with Crippen LogP contribution in [0.25, 0.3) is 0 Å². The second-order valence-corrected chi connectivity index (χ2v) is 3.60. The maximum Gasteiger partial charge on any atom is 0.448 e. The third-order valence-electron chi connectivity index (χ3n) is 1.18. The van der Waals surface area contributed by atoms with E-state index in [1.807, 2.05) is 0 Å². The summed E-state index contributed by atoms with van der Waals surface area (Å²) in [5.41, 5.74) is 4.94. The zero-order chi connectivity index (χ0) is 11.6. The highest BCUT2D eigenvalue weighted by Crippen LogP contribution is 2.22. The molecule has 1 heterocycles. The molecule has 0 aliphatic rings. The number of rotatable bonds is 3. The smallest absolute Gasteiger partial charge is 0.382 e. The number of hydrogen-bond donors (Lipinski definition) is 2. The van der Waals surface area contributed by atoms with Crippen molar-refractivity contribution in [2.45, 2.75) is 7.43 Å². The van der Waals surface area contributed by atoms with E-state index in [4.69, 9.17) is 21.9 Å². The van der Waals surface area contributed by atoms with Crippen molar-refractivity contribution < 1.29 is 21.9 Å². The van der Waals surface area contributed by atoms with Gasteiger partial charge in [-0.1, -0.05) is 19.0 Å². The quantitative estimate of drug-likeness (QED) is 0.593. The Hall–Kier alpha value is -1.45. The first-order valence-electron chi connectivity index (χ1n) is 3.28. The predicted octanol–water partition coefficient (Wildman–Crippen LogP) is 0.342. The molecule has 0 radical (unpaired) electrons. The molecule has 0 aliphatic heterocycles. The molecule has 0 atom stereocenters. The van der Waals surface area contributed by atoms with Crippen LogP contribution in [-0.4, -0.2) is 29.2 Å². The van der Waals surface area contributed by atoms with Crippen LogP contribution < -0.4 is 9.92 Å². The Balaban J connectivity index is 0.00000225. The van der Waals surface area contributed by atoms with Gasteiger partial charge >= 0.3 is 10.4 Å². The van der Waals surface area contributed by atoms with Crippen LogP contribution in [0.5, 0.6) is 5.88 Å². The average molecular weight is 270 g/mol. The van der Waals surface area contributed by atoms with Crippen molar-refractivity contribution in [2.75, 3.05) is 5.73 Å². The van der Waals surface area contributed by atoms with E-state index in [0.717, 1.165) is 0 Å². The minimum atomic E-state index is -4.77. The van der Waals surface area contributed by atoms with Crippen LogP contribution in [0, 0.1) is 0 Å². The Bertz CT molecular complexity index is 503. The molecule has 0 spiro atoms. The first-order valence-corrected chi connectivity index (χ1v) is 5.03. The molecule has 0 amide bonds. The fourth-order valence-electron chi connectivity index (χ4n) is 0.663. The molecule has 0 bridgehead atoms. The van der Waals surface area contributed by atoms with Crippen LogP contribution in [0.1, 0.15) is 17.9 Å². The zero-order valence-corrected chi connectivity index (χ0v) is 8.49. The normalized spacial score (nSPS) is 10.4. The average Bonchev–Trinajstić information content (AvgIpc) is 2.08. The molecule has 1 rings (SSSR count). The number of aldehydes is 1. The van der Waals surface area contributed by atoms with Crippen LogP contribution in [0.15, 0.2) is 0 Å². The van der Waals surface area contributed by atoms with E-state index in [0.29, 0.717) is 0 Å². The maximum atomic E-state index is 10.3. The van der Waals surface area contributed by atoms with Crippen molar-refractivity contribution in [1.82, 2.24) is 9.97 Å². The molecule has 0 unspecified atom stereocenters. The lowest BCUT2D eigenvalue weighted by Gasteiger charge is -2.03. The SMILES string of the molecule is C.Nc1nc(OS(=O)(=O)O)c(Cl)nc1C=O. The van der Waals surface area contributed by atoms with Crippen LogP contribution in [-0.2, 0) is 10.4 Å². The third-order valence-corrected chi connectivity index (χ3v) is 1.79. The molecule has 0 saturated heterocycles. The molecule has 0 aliphatic carbocycles. The first kappa shape index (κ1) is 14.6. The highest BCUT2D eigenvalue weighted by molar-refractivity contribution is 7.81. The lowest BCUT2D eigenvalue weighted by molar-refractivity contribution is 0.111. The second-order valence-electron chi connectivity index (χ2n) is 2.22. The molecular formula is C6H8ClN3O5S. The van der Waals surface area contributed by atoms with E-state index >= 15 is 0 Å². The van der Waals surface area contributed by atoms with Gasteiger partial charge in [0.25, 0.3) is 5.88 Å². The Morgan fingerprint density at radius 1 is 1.44 bits per heavy atom. The standard InChI is InChI=1S/C5H4ClN3O5S.CH4/c6-3-5(14-15(11,12)13)9-4(7)2(1-10)8-3;/h1H,(H2,7,9)(H,11,12,13);1H4. The van der Waals surface area contributed by atoms with Crippen molar-refractivity contribution in [3.63, 3.8) is 0 Å². The molecule has 1 aromatic heterocycles. The molecule has 16 heavy (non-hydrogen) atoms. The second kappa shape index (κ2) is 5.05. The fraction of sp³-hybridized carbons (Fsp3) is 0.167. The van der Waals surface area contributed by atoms with Crippen molar-refractivity contribution >= 4 is 34.1 Å². The monoisotopic (exact) mass is 269 g/mol. The summed E-state index contributed by atoms with van der Waals surface area (Å²) in [4.78, 5) is 17.0. The minimum Gasteiger partial charge on any atom is -0.382 e. The summed E-state index contributed by atoms with van der Waals surface area (Å²) < 4.78 is 32.9. The fourth-order valence-corrected chi connectivity index (χ4v) is 1.20. The van der Waals surface area contributed by atoms with Gasteiger partial charge in [-0.05, 0) is 0 Å². The van der Waals surface area contributed by atoms with Gasteiger partial charge in [0, 0.05) is 0 Å². The predicted molar refractivity (Wildman–Crippen MR) is 55.7 cm³/mol. The number of nitrogens with two attached hydrogens (primary N) is 1. The largest absolute Gasteiger partial charge is 0.448 e. The van der Waals surface area contributed by atoms with Gasteiger partial charge in [0.15, 0.2) is 17.3 Å². The molecule has 10 heteroatoms. The Labute approximate surface area is 96.4 Å². The van der Waals surface area contributed by atoms with E-state index < -0.39 is 21.4 Å².